The number of hydrogen-bond acceptors (Lipinski definition) is 2. The van der Waals surface area contributed by atoms with Crippen LogP contribution in [0.1, 0.15) is 37.7 Å². The van der Waals surface area contributed by atoms with Gasteiger partial charge in [0.2, 0.25) is 5.91 Å². The molecule has 0 saturated carbocycles. The molecule has 0 aromatic heterocycles. The number of amides is 1. The Morgan fingerprint density at radius 2 is 2.00 bits per heavy atom. The van der Waals surface area contributed by atoms with Gasteiger partial charge in [0.15, 0.2) is 0 Å². The van der Waals surface area contributed by atoms with Crippen LogP contribution < -0.4 is 5.32 Å². The van der Waals surface area contributed by atoms with Crippen LogP contribution in [0.5, 0.6) is 0 Å². The maximum atomic E-state index is 13.8. The van der Waals surface area contributed by atoms with Gasteiger partial charge in [-0.3, -0.25) is 4.79 Å². The summed E-state index contributed by atoms with van der Waals surface area (Å²) in [6.45, 7) is 0.321. The lowest BCUT2D eigenvalue weighted by atomic mass is 9.89. The summed E-state index contributed by atoms with van der Waals surface area (Å²) in [5.41, 5.74) is 0.551. The third kappa shape index (κ3) is 4.68. The number of carbonyl (C=O) groups excluding carboxylic acids is 1. The number of hydrogen-bond donors (Lipinski definition) is 1. The molecule has 2 unspecified atom stereocenters. The Hall–Kier alpha value is -0.650. The standard InChI is InChI=1S/C17H22BrFN2O.ClH/c1-21(10-12-9-13(18)2-5-16(12)19)17(22)8-11-6-14-3-4-15(7-11)20-14;/h2,5,9,11,14-15,20H,3-4,6-8,10H2,1H3;1H. The number of nitrogens with one attached hydrogen (secondary N) is 1. The molecule has 0 spiro atoms. The Labute approximate surface area is 151 Å². The van der Waals surface area contributed by atoms with Gasteiger partial charge in [-0.15, -0.1) is 12.4 Å². The van der Waals surface area contributed by atoms with E-state index in [1.807, 2.05) is 0 Å². The van der Waals surface area contributed by atoms with Gasteiger partial charge in [0.1, 0.15) is 5.82 Å². The molecule has 2 aliphatic rings. The van der Waals surface area contributed by atoms with Gasteiger partial charge in [0.05, 0.1) is 0 Å². The quantitative estimate of drug-likeness (QED) is 0.824. The van der Waals surface area contributed by atoms with Crippen molar-refractivity contribution in [2.24, 2.45) is 5.92 Å². The number of rotatable bonds is 4. The van der Waals surface area contributed by atoms with Gasteiger partial charge in [0, 0.05) is 42.1 Å². The Morgan fingerprint density at radius 3 is 2.65 bits per heavy atom. The SMILES string of the molecule is CN(Cc1cc(Br)ccc1F)C(=O)CC1CC2CCC(C1)N2.Cl. The lowest BCUT2D eigenvalue weighted by Gasteiger charge is -2.30. The van der Waals surface area contributed by atoms with Crippen LogP contribution in [0.25, 0.3) is 0 Å². The number of fused-ring (bicyclic) bond motifs is 2. The van der Waals surface area contributed by atoms with Gasteiger partial charge < -0.3 is 10.2 Å². The van der Waals surface area contributed by atoms with Crippen molar-refractivity contribution in [1.82, 2.24) is 10.2 Å². The first-order valence-electron chi connectivity index (χ1n) is 7.95. The molecule has 2 saturated heterocycles. The van der Waals surface area contributed by atoms with Crippen molar-refractivity contribution in [2.75, 3.05) is 7.05 Å². The summed E-state index contributed by atoms with van der Waals surface area (Å²) in [7, 11) is 1.76. The minimum absolute atomic E-state index is 0. The van der Waals surface area contributed by atoms with Gasteiger partial charge in [-0.1, -0.05) is 15.9 Å². The molecule has 0 radical (unpaired) electrons. The topological polar surface area (TPSA) is 32.3 Å². The van der Waals surface area contributed by atoms with Crippen molar-refractivity contribution in [2.45, 2.75) is 50.7 Å². The fourth-order valence-electron chi connectivity index (χ4n) is 3.75. The van der Waals surface area contributed by atoms with E-state index in [9.17, 15) is 9.18 Å². The second kappa shape index (κ2) is 7.95. The van der Waals surface area contributed by atoms with Gasteiger partial charge in [0.25, 0.3) is 0 Å². The Balaban J connectivity index is 0.00000192. The van der Waals surface area contributed by atoms with Crippen LogP contribution in [0.15, 0.2) is 22.7 Å². The molecular formula is C17H23BrClFN2O. The minimum atomic E-state index is -0.261. The van der Waals surface area contributed by atoms with E-state index in [2.05, 4.69) is 21.2 Å². The number of nitrogens with zero attached hydrogens (tertiary/aromatic N) is 1. The predicted octanol–water partition coefficient (Wildman–Crippen LogP) is 3.89. The number of benzene rings is 1. The van der Waals surface area contributed by atoms with Crippen molar-refractivity contribution in [3.8, 4) is 0 Å². The Bertz CT molecular complexity index is 560. The highest BCUT2D eigenvalue weighted by molar-refractivity contribution is 9.10. The minimum Gasteiger partial charge on any atom is -0.341 e. The summed E-state index contributed by atoms with van der Waals surface area (Å²) in [6.07, 6.45) is 5.27. The number of carbonyl (C=O) groups is 1. The zero-order chi connectivity index (χ0) is 15.7. The Morgan fingerprint density at radius 1 is 1.35 bits per heavy atom. The van der Waals surface area contributed by atoms with Crippen molar-refractivity contribution in [3.05, 3.63) is 34.1 Å². The van der Waals surface area contributed by atoms with E-state index in [4.69, 9.17) is 0 Å². The molecule has 1 aromatic rings. The molecule has 2 atom stereocenters. The average Bonchev–Trinajstić information content (AvgIpc) is 2.81. The van der Waals surface area contributed by atoms with Crippen LogP contribution in [-0.2, 0) is 11.3 Å². The summed E-state index contributed by atoms with van der Waals surface area (Å²) in [4.78, 5) is 14.1. The smallest absolute Gasteiger partial charge is 0.222 e. The van der Waals surface area contributed by atoms with E-state index in [-0.39, 0.29) is 24.1 Å². The highest BCUT2D eigenvalue weighted by Crippen LogP contribution is 2.33. The van der Waals surface area contributed by atoms with Crippen molar-refractivity contribution < 1.29 is 9.18 Å². The van der Waals surface area contributed by atoms with Crippen molar-refractivity contribution in [1.29, 1.82) is 0 Å². The van der Waals surface area contributed by atoms with Crippen LogP contribution in [0.4, 0.5) is 4.39 Å². The lowest BCUT2D eigenvalue weighted by Crippen LogP contribution is -2.40. The summed E-state index contributed by atoms with van der Waals surface area (Å²) >= 11 is 3.35. The average molecular weight is 406 g/mol. The number of halogens is 3. The van der Waals surface area contributed by atoms with Crippen molar-refractivity contribution in [3.63, 3.8) is 0 Å². The van der Waals surface area contributed by atoms with Gasteiger partial charge in [-0.25, -0.2) is 4.39 Å². The van der Waals surface area contributed by atoms with Crippen LogP contribution >= 0.6 is 28.3 Å². The molecule has 128 valence electrons. The zero-order valence-electron chi connectivity index (χ0n) is 13.2. The third-order valence-corrected chi connectivity index (χ3v) is 5.37. The molecule has 1 aromatic carbocycles. The molecular weight excluding hydrogens is 383 g/mol. The van der Waals surface area contributed by atoms with E-state index < -0.39 is 0 Å². The molecule has 6 heteroatoms. The normalized spacial score (nSPS) is 25.8. The van der Waals surface area contributed by atoms with Crippen LogP contribution in [-0.4, -0.2) is 29.9 Å². The highest BCUT2D eigenvalue weighted by Gasteiger charge is 2.34. The van der Waals surface area contributed by atoms with Crippen molar-refractivity contribution >= 4 is 34.2 Å². The fraction of sp³-hybridized carbons (Fsp3) is 0.588. The molecule has 0 aliphatic carbocycles. The van der Waals surface area contributed by atoms with Gasteiger partial charge in [-0.05, 0) is 49.8 Å². The van der Waals surface area contributed by atoms with E-state index in [1.165, 1.54) is 18.9 Å². The molecule has 2 fully saturated rings. The first kappa shape index (κ1) is 18.7. The molecule has 2 bridgehead atoms. The predicted molar refractivity (Wildman–Crippen MR) is 95.1 cm³/mol. The van der Waals surface area contributed by atoms with Crippen LogP contribution in [0, 0.1) is 11.7 Å². The molecule has 1 N–H and O–H groups in total. The summed E-state index contributed by atoms with van der Waals surface area (Å²) in [5, 5.41) is 3.60. The molecule has 3 rings (SSSR count). The maximum absolute atomic E-state index is 13.8. The van der Waals surface area contributed by atoms with Gasteiger partial charge in [-0.2, -0.15) is 0 Å². The molecule has 2 aliphatic heterocycles. The van der Waals surface area contributed by atoms with Crippen LogP contribution in [0.2, 0.25) is 0 Å². The second-order valence-electron chi connectivity index (χ2n) is 6.66. The van der Waals surface area contributed by atoms with Gasteiger partial charge >= 0.3 is 0 Å². The highest BCUT2D eigenvalue weighted by atomic mass is 79.9. The second-order valence-corrected chi connectivity index (χ2v) is 7.58. The van der Waals surface area contributed by atoms with E-state index in [0.717, 1.165) is 17.3 Å². The third-order valence-electron chi connectivity index (χ3n) is 4.88. The van der Waals surface area contributed by atoms with E-state index in [1.54, 1.807) is 24.1 Å². The molecule has 3 nitrogen and oxygen atoms in total. The van der Waals surface area contributed by atoms with E-state index in [0.29, 0.717) is 36.5 Å². The lowest BCUT2D eigenvalue weighted by molar-refractivity contribution is -0.131. The Kier molecular flexibility index (Phi) is 6.46. The first-order valence-corrected chi connectivity index (χ1v) is 8.74. The fourth-order valence-corrected chi connectivity index (χ4v) is 4.16. The zero-order valence-corrected chi connectivity index (χ0v) is 15.6. The monoisotopic (exact) mass is 404 g/mol. The summed E-state index contributed by atoms with van der Waals surface area (Å²) < 4.78 is 14.6. The van der Waals surface area contributed by atoms with Crippen LogP contribution in [0.3, 0.4) is 0 Å². The molecule has 1 amide bonds. The summed E-state index contributed by atoms with van der Waals surface area (Å²) in [5.74, 6) is 0.328. The molecule has 23 heavy (non-hydrogen) atoms. The first-order chi connectivity index (χ1) is 10.5. The molecule has 2 heterocycles. The largest absolute Gasteiger partial charge is 0.341 e. The summed E-state index contributed by atoms with van der Waals surface area (Å²) in [6, 6.07) is 6.05. The number of piperidine rings is 1. The maximum Gasteiger partial charge on any atom is 0.222 e. The van der Waals surface area contributed by atoms with E-state index >= 15 is 0 Å².